The van der Waals surface area contributed by atoms with Crippen molar-refractivity contribution in [3.63, 3.8) is 0 Å². The molecular weight excluding hydrogens is 232 g/mol. The number of hydrogen-bond donors (Lipinski definition) is 1. The van der Waals surface area contributed by atoms with E-state index in [1.807, 2.05) is 11.9 Å². The first kappa shape index (κ1) is 14.3. The van der Waals surface area contributed by atoms with Gasteiger partial charge in [-0.2, -0.15) is 0 Å². The smallest absolute Gasteiger partial charge is 0.340 e. The zero-order chi connectivity index (χ0) is 13.5. The molecular formula is C13H20N2O3. The summed E-state index contributed by atoms with van der Waals surface area (Å²) in [4.78, 5) is 13.8. The van der Waals surface area contributed by atoms with Crippen molar-refractivity contribution in [2.75, 3.05) is 44.5 Å². The van der Waals surface area contributed by atoms with E-state index < -0.39 is 0 Å². The van der Waals surface area contributed by atoms with Crippen LogP contribution in [-0.2, 0) is 9.47 Å². The molecule has 0 amide bonds. The number of rotatable bonds is 6. The lowest BCUT2D eigenvalue weighted by atomic mass is 10.1. The summed E-state index contributed by atoms with van der Waals surface area (Å²) >= 11 is 0. The number of esters is 1. The van der Waals surface area contributed by atoms with Crippen molar-refractivity contribution in [2.45, 2.75) is 6.92 Å². The summed E-state index contributed by atoms with van der Waals surface area (Å²) in [6.07, 6.45) is 0. The fourth-order valence-corrected chi connectivity index (χ4v) is 1.70. The molecule has 0 spiro atoms. The monoisotopic (exact) mass is 252 g/mol. The molecule has 1 aromatic carbocycles. The van der Waals surface area contributed by atoms with E-state index in [-0.39, 0.29) is 5.97 Å². The largest absolute Gasteiger partial charge is 0.462 e. The van der Waals surface area contributed by atoms with Gasteiger partial charge >= 0.3 is 5.97 Å². The van der Waals surface area contributed by atoms with Crippen LogP contribution in [0.3, 0.4) is 0 Å². The van der Waals surface area contributed by atoms with E-state index >= 15 is 0 Å². The number of carbonyl (C=O) groups excluding carboxylic acids is 1. The van der Waals surface area contributed by atoms with Crippen LogP contribution in [0.5, 0.6) is 0 Å². The average molecular weight is 252 g/mol. The lowest BCUT2D eigenvalue weighted by Gasteiger charge is -2.23. The van der Waals surface area contributed by atoms with Crippen LogP contribution < -0.4 is 10.6 Å². The van der Waals surface area contributed by atoms with Crippen LogP contribution in [-0.4, -0.2) is 39.9 Å². The third-order valence-corrected chi connectivity index (χ3v) is 2.58. The van der Waals surface area contributed by atoms with E-state index in [1.54, 1.807) is 32.2 Å². The second-order valence-electron chi connectivity index (χ2n) is 3.88. The second-order valence-corrected chi connectivity index (χ2v) is 3.88. The highest BCUT2D eigenvalue weighted by molar-refractivity contribution is 5.99. The van der Waals surface area contributed by atoms with Crippen molar-refractivity contribution < 1.29 is 14.3 Å². The number of likely N-dealkylation sites (N-methyl/N-ethyl adjacent to an activating group) is 1. The van der Waals surface area contributed by atoms with Gasteiger partial charge in [0.2, 0.25) is 0 Å². The van der Waals surface area contributed by atoms with Gasteiger partial charge in [0.15, 0.2) is 0 Å². The Labute approximate surface area is 107 Å². The van der Waals surface area contributed by atoms with E-state index in [2.05, 4.69) is 0 Å². The van der Waals surface area contributed by atoms with Gasteiger partial charge in [0, 0.05) is 20.7 Å². The van der Waals surface area contributed by atoms with Gasteiger partial charge in [-0.25, -0.2) is 4.79 Å². The molecule has 0 saturated carbocycles. The molecule has 5 heteroatoms. The van der Waals surface area contributed by atoms with E-state index in [4.69, 9.17) is 15.2 Å². The number of nitrogens with two attached hydrogens (primary N) is 1. The van der Waals surface area contributed by atoms with Gasteiger partial charge in [-0.3, -0.25) is 0 Å². The highest BCUT2D eigenvalue weighted by atomic mass is 16.5. The summed E-state index contributed by atoms with van der Waals surface area (Å²) in [5.41, 5.74) is 7.66. The minimum Gasteiger partial charge on any atom is -0.462 e. The van der Waals surface area contributed by atoms with Crippen LogP contribution in [0, 0.1) is 0 Å². The Morgan fingerprint density at radius 3 is 2.78 bits per heavy atom. The van der Waals surface area contributed by atoms with Gasteiger partial charge in [-0.1, -0.05) is 6.07 Å². The third-order valence-electron chi connectivity index (χ3n) is 2.58. The lowest BCUT2D eigenvalue weighted by molar-refractivity contribution is 0.0527. The van der Waals surface area contributed by atoms with Crippen molar-refractivity contribution in [1.29, 1.82) is 0 Å². The Balaban J connectivity index is 3.03. The maximum absolute atomic E-state index is 11.9. The van der Waals surface area contributed by atoms with E-state index in [0.29, 0.717) is 36.7 Å². The predicted octanol–water partition coefficient (Wildman–Crippen LogP) is 1.53. The third kappa shape index (κ3) is 3.37. The Hall–Kier alpha value is -1.75. The predicted molar refractivity (Wildman–Crippen MR) is 72.0 cm³/mol. The van der Waals surface area contributed by atoms with Crippen LogP contribution in [0.25, 0.3) is 0 Å². The number of benzene rings is 1. The fourth-order valence-electron chi connectivity index (χ4n) is 1.70. The van der Waals surface area contributed by atoms with E-state index in [1.165, 1.54) is 0 Å². The molecule has 0 bridgehead atoms. The number of anilines is 2. The number of methoxy groups -OCH3 is 1. The molecule has 0 radical (unpaired) electrons. The van der Waals surface area contributed by atoms with Crippen LogP contribution >= 0.6 is 0 Å². The standard InChI is InChI=1S/C13H20N2O3/c1-4-18-13(16)10-6-5-7-11(14)12(10)15(2)8-9-17-3/h5-7H,4,8-9,14H2,1-3H3. The molecule has 0 saturated heterocycles. The summed E-state index contributed by atoms with van der Waals surface area (Å²) in [7, 11) is 3.50. The second kappa shape index (κ2) is 6.86. The topological polar surface area (TPSA) is 64.8 Å². The molecule has 0 aromatic heterocycles. The molecule has 100 valence electrons. The first-order chi connectivity index (χ1) is 8.61. The molecule has 0 heterocycles. The SMILES string of the molecule is CCOC(=O)c1cccc(N)c1N(C)CCOC. The van der Waals surface area contributed by atoms with Gasteiger partial charge in [0.1, 0.15) is 0 Å². The molecule has 0 fully saturated rings. The van der Waals surface area contributed by atoms with Gasteiger partial charge in [0.05, 0.1) is 30.2 Å². The summed E-state index contributed by atoms with van der Waals surface area (Å²) in [5.74, 6) is -0.357. The molecule has 1 rings (SSSR count). The molecule has 0 aliphatic carbocycles. The number of ether oxygens (including phenoxy) is 2. The molecule has 18 heavy (non-hydrogen) atoms. The van der Waals surface area contributed by atoms with Gasteiger partial charge in [-0.15, -0.1) is 0 Å². The molecule has 5 nitrogen and oxygen atoms in total. The van der Waals surface area contributed by atoms with Gasteiger partial charge in [0.25, 0.3) is 0 Å². The maximum atomic E-state index is 11.9. The van der Waals surface area contributed by atoms with Gasteiger partial charge < -0.3 is 20.1 Å². The molecule has 1 aromatic rings. The van der Waals surface area contributed by atoms with Crippen LogP contribution in [0.2, 0.25) is 0 Å². The van der Waals surface area contributed by atoms with Crippen LogP contribution in [0.1, 0.15) is 17.3 Å². The highest BCUT2D eigenvalue weighted by Crippen LogP contribution is 2.27. The van der Waals surface area contributed by atoms with Crippen molar-refractivity contribution >= 4 is 17.3 Å². The Kier molecular flexibility index (Phi) is 5.45. The van der Waals surface area contributed by atoms with E-state index in [9.17, 15) is 4.79 Å². The van der Waals surface area contributed by atoms with Crippen molar-refractivity contribution in [3.05, 3.63) is 23.8 Å². The molecule has 0 aliphatic heterocycles. The zero-order valence-electron chi connectivity index (χ0n) is 11.1. The van der Waals surface area contributed by atoms with Crippen LogP contribution in [0.15, 0.2) is 18.2 Å². The first-order valence-corrected chi connectivity index (χ1v) is 5.87. The van der Waals surface area contributed by atoms with Crippen molar-refractivity contribution in [2.24, 2.45) is 0 Å². The van der Waals surface area contributed by atoms with Gasteiger partial charge in [-0.05, 0) is 19.1 Å². The summed E-state index contributed by atoms with van der Waals surface area (Å²) < 4.78 is 10.0. The molecule has 2 N–H and O–H groups in total. The molecule has 0 atom stereocenters. The number of carbonyl (C=O) groups is 1. The summed E-state index contributed by atoms with van der Waals surface area (Å²) in [5, 5.41) is 0. The quantitative estimate of drug-likeness (QED) is 0.614. The highest BCUT2D eigenvalue weighted by Gasteiger charge is 2.17. The zero-order valence-corrected chi connectivity index (χ0v) is 11.1. The minimum absolute atomic E-state index is 0.342. The fraction of sp³-hybridized carbons (Fsp3) is 0.462. The normalized spacial score (nSPS) is 10.2. The average Bonchev–Trinajstić information content (AvgIpc) is 2.35. The Morgan fingerprint density at radius 1 is 1.44 bits per heavy atom. The van der Waals surface area contributed by atoms with Crippen molar-refractivity contribution in [3.8, 4) is 0 Å². The lowest BCUT2D eigenvalue weighted by Crippen LogP contribution is -2.25. The minimum atomic E-state index is -0.357. The van der Waals surface area contributed by atoms with Crippen molar-refractivity contribution in [1.82, 2.24) is 0 Å². The summed E-state index contributed by atoms with van der Waals surface area (Å²) in [6, 6.07) is 5.23. The first-order valence-electron chi connectivity index (χ1n) is 5.87. The Bertz CT molecular complexity index is 407. The Morgan fingerprint density at radius 2 is 2.17 bits per heavy atom. The van der Waals surface area contributed by atoms with E-state index in [0.717, 1.165) is 0 Å². The number of para-hydroxylation sites is 1. The maximum Gasteiger partial charge on any atom is 0.340 e. The molecule has 0 aliphatic rings. The number of nitrogens with zero attached hydrogens (tertiary/aromatic N) is 1. The summed E-state index contributed by atoms with van der Waals surface area (Å²) in [6.45, 7) is 3.33. The van der Waals surface area contributed by atoms with Crippen LogP contribution in [0.4, 0.5) is 11.4 Å². The number of hydrogen-bond acceptors (Lipinski definition) is 5. The number of nitrogen functional groups attached to an aromatic ring is 1. The molecule has 0 unspecified atom stereocenters.